The van der Waals surface area contributed by atoms with Crippen molar-refractivity contribution in [2.45, 2.75) is 13.5 Å². The fraction of sp³-hybridized carbons (Fsp3) is 0.176. The minimum Gasteiger partial charge on any atom is -0.496 e. The summed E-state index contributed by atoms with van der Waals surface area (Å²) < 4.78 is 8.77. The Morgan fingerprint density at radius 1 is 1.10 bits per heavy atom. The molecule has 2 aromatic carbocycles. The van der Waals surface area contributed by atoms with Crippen molar-refractivity contribution in [3.05, 3.63) is 64.3 Å². The van der Waals surface area contributed by atoms with Crippen LogP contribution in [0.15, 0.2) is 53.1 Å². The van der Waals surface area contributed by atoms with E-state index in [2.05, 4.69) is 63.9 Å². The van der Waals surface area contributed by atoms with E-state index in [1.54, 1.807) is 7.11 Å². The third kappa shape index (κ3) is 2.46. The molecule has 0 aliphatic rings. The summed E-state index contributed by atoms with van der Waals surface area (Å²) in [5, 5.41) is 1.28. The number of hydrogen-bond acceptors (Lipinski definition) is 1. The van der Waals surface area contributed by atoms with Crippen LogP contribution in [0.2, 0.25) is 0 Å². The van der Waals surface area contributed by atoms with E-state index in [9.17, 15) is 0 Å². The van der Waals surface area contributed by atoms with Crippen LogP contribution in [0.1, 0.15) is 11.1 Å². The Bertz CT molecular complexity index is 761. The molecule has 0 fully saturated rings. The van der Waals surface area contributed by atoms with Crippen LogP contribution in [0.25, 0.3) is 10.9 Å². The third-order valence-corrected chi connectivity index (χ3v) is 4.00. The monoisotopic (exact) mass is 329 g/mol. The summed E-state index contributed by atoms with van der Waals surface area (Å²) in [6, 6.07) is 14.8. The quantitative estimate of drug-likeness (QED) is 0.675. The summed E-state index contributed by atoms with van der Waals surface area (Å²) in [5.41, 5.74) is 3.70. The average Bonchev–Trinajstić information content (AvgIpc) is 2.81. The minimum atomic E-state index is 0.801. The van der Waals surface area contributed by atoms with Gasteiger partial charge in [-0.1, -0.05) is 27.6 Å². The van der Waals surface area contributed by atoms with Crippen molar-refractivity contribution in [2.24, 2.45) is 0 Å². The molecule has 0 spiro atoms. The van der Waals surface area contributed by atoms with Gasteiger partial charge in [-0.05, 0) is 48.7 Å². The fourth-order valence-corrected chi connectivity index (χ4v) is 2.92. The first-order valence-corrected chi connectivity index (χ1v) is 7.34. The Labute approximate surface area is 127 Å². The van der Waals surface area contributed by atoms with E-state index in [-0.39, 0.29) is 0 Å². The first-order chi connectivity index (χ1) is 9.67. The highest BCUT2D eigenvalue weighted by Crippen LogP contribution is 2.26. The number of ether oxygens (including phenoxy) is 1. The zero-order valence-electron chi connectivity index (χ0n) is 11.6. The fourth-order valence-electron chi connectivity index (χ4n) is 2.51. The number of halogens is 1. The van der Waals surface area contributed by atoms with Gasteiger partial charge in [0.2, 0.25) is 0 Å². The highest BCUT2D eigenvalue weighted by Gasteiger charge is 2.07. The zero-order chi connectivity index (χ0) is 14.1. The number of aromatic nitrogens is 1. The summed E-state index contributed by atoms with van der Waals surface area (Å²) >= 11 is 3.52. The molecule has 0 unspecified atom stereocenters. The topological polar surface area (TPSA) is 14.2 Å². The Balaban J connectivity index is 2.03. The van der Waals surface area contributed by atoms with Gasteiger partial charge in [-0.15, -0.1) is 0 Å². The summed E-state index contributed by atoms with van der Waals surface area (Å²) in [4.78, 5) is 0. The summed E-state index contributed by atoms with van der Waals surface area (Å²) in [6.07, 6.45) is 2.13. The van der Waals surface area contributed by atoms with E-state index in [1.165, 1.54) is 22.0 Å². The van der Waals surface area contributed by atoms with Crippen molar-refractivity contribution in [1.82, 2.24) is 4.57 Å². The maximum Gasteiger partial charge on any atom is 0.123 e. The van der Waals surface area contributed by atoms with Gasteiger partial charge in [-0.3, -0.25) is 0 Å². The molecule has 20 heavy (non-hydrogen) atoms. The lowest BCUT2D eigenvalue weighted by atomic mass is 10.1. The number of rotatable bonds is 3. The molecule has 102 valence electrons. The predicted octanol–water partition coefficient (Wildman–Crippen LogP) is 4.77. The standard InChI is InChI=1S/C17H16BrNO/c1-12-3-5-16-13(9-12)7-8-19(16)11-14-10-15(18)4-6-17(14)20-2/h3-10H,11H2,1-2H3. The molecule has 0 saturated carbocycles. The van der Waals surface area contributed by atoms with Crippen LogP contribution in [-0.4, -0.2) is 11.7 Å². The van der Waals surface area contributed by atoms with Crippen molar-refractivity contribution < 1.29 is 4.74 Å². The number of fused-ring (bicyclic) bond motifs is 1. The lowest BCUT2D eigenvalue weighted by Gasteiger charge is -2.11. The molecule has 0 radical (unpaired) electrons. The lowest BCUT2D eigenvalue weighted by Crippen LogP contribution is -2.00. The number of methoxy groups -OCH3 is 1. The van der Waals surface area contributed by atoms with E-state index >= 15 is 0 Å². The van der Waals surface area contributed by atoms with E-state index < -0.39 is 0 Å². The molecule has 0 atom stereocenters. The Hall–Kier alpha value is -1.74. The molecule has 0 aliphatic heterocycles. The van der Waals surface area contributed by atoms with Crippen LogP contribution in [0, 0.1) is 6.92 Å². The summed E-state index contributed by atoms with van der Waals surface area (Å²) in [6.45, 7) is 2.92. The second-order valence-corrected chi connectivity index (χ2v) is 5.88. The van der Waals surface area contributed by atoms with Gasteiger partial charge in [0.15, 0.2) is 0 Å². The van der Waals surface area contributed by atoms with Gasteiger partial charge in [-0.25, -0.2) is 0 Å². The maximum absolute atomic E-state index is 5.45. The van der Waals surface area contributed by atoms with Gasteiger partial charge >= 0.3 is 0 Å². The first kappa shape index (κ1) is 13.3. The highest BCUT2D eigenvalue weighted by atomic mass is 79.9. The first-order valence-electron chi connectivity index (χ1n) is 6.55. The van der Waals surface area contributed by atoms with Crippen LogP contribution in [0.3, 0.4) is 0 Å². The second-order valence-electron chi connectivity index (χ2n) is 4.96. The number of hydrogen-bond donors (Lipinski definition) is 0. The largest absolute Gasteiger partial charge is 0.496 e. The molecule has 0 saturated heterocycles. The molecular weight excluding hydrogens is 314 g/mol. The van der Waals surface area contributed by atoms with Gasteiger partial charge in [0, 0.05) is 21.7 Å². The molecule has 3 aromatic rings. The van der Waals surface area contributed by atoms with E-state index in [4.69, 9.17) is 4.74 Å². The number of benzene rings is 2. The van der Waals surface area contributed by atoms with Crippen LogP contribution in [0.5, 0.6) is 5.75 Å². The van der Waals surface area contributed by atoms with Gasteiger partial charge in [0.1, 0.15) is 5.75 Å². The average molecular weight is 330 g/mol. The number of nitrogens with zero attached hydrogens (tertiary/aromatic N) is 1. The predicted molar refractivity (Wildman–Crippen MR) is 86.5 cm³/mol. The molecule has 0 aliphatic carbocycles. The van der Waals surface area contributed by atoms with Crippen molar-refractivity contribution in [3.63, 3.8) is 0 Å². The van der Waals surface area contributed by atoms with Crippen LogP contribution < -0.4 is 4.74 Å². The highest BCUT2D eigenvalue weighted by molar-refractivity contribution is 9.10. The van der Waals surface area contributed by atoms with E-state index in [0.717, 1.165) is 16.8 Å². The van der Waals surface area contributed by atoms with Crippen molar-refractivity contribution >= 4 is 26.8 Å². The maximum atomic E-state index is 5.45. The molecule has 1 aromatic heterocycles. The second kappa shape index (κ2) is 5.33. The Morgan fingerprint density at radius 2 is 1.95 bits per heavy atom. The number of aryl methyl sites for hydroxylation is 1. The lowest BCUT2D eigenvalue weighted by molar-refractivity contribution is 0.408. The molecule has 3 rings (SSSR count). The third-order valence-electron chi connectivity index (χ3n) is 3.51. The van der Waals surface area contributed by atoms with Crippen LogP contribution in [-0.2, 0) is 6.54 Å². The summed E-state index contributed by atoms with van der Waals surface area (Å²) in [7, 11) is 1.71. The van der Waals surface area contributed by atoms with Crippen LogP contribution in [0.4, 0.5) is 0 Å². The molecular formula is C17H16BrNO. The summed E-state index contributed by atoms with van der Waals surface area (Å²) in [5.74, 6) is 0.919. The van der Waals surface area contributed by atoms with E-state index in [1.807, 2.05) is 12.1 Å². The normalized spacial score (nSPS) is 10.9. The molecule has 1 heterocycles. The molecule has 0 amide bonds. The van der Waals surface area contributed by atoms with Crippen molar-refractivity contribution in [1.29, 1.82) is 0 Å². The van der Waals surface area contributed by atoms with Crippen molar-refractivity contribution in [2.75, 3.05) is 7.11 Å². The van der Waals surface area contributed by atoms with Crippen LogP contribution >= 0.6 is 15.9 Å². The molecule has 0 bridgehead atoms. The minimum absolute atomic E-state index is 0.801. The Morgan fingerprint density at radius 3 is 2.75 bits per heavy atom. The molecule has 2 nitrogen and oxygen atoms in total. The van der Waals surface area contributed by atoms with Crippen molar-refractivity contribution in [3.8, 4) is 5.75 Å². The zero-order valence-corrected chi connectivity index (χ0v) is 13.1. The van der Waals surface area contributed by atoms with Gasteiger partial charge in [-0.2, -0.15) is 0 Å². The smallest absolute Gasteiger partial charge is 0.123 e. The SMILES string of the molecule is COc1ccc(Br)cc1Cn1ccc2cc(C)ccc21. The van der Waals surface area contributed by atoms with Gasteiger partial charge in [0.25, 0.3) is 0 Å². The van der Waals surface area contributed by atoms with Gasteiger partial charge < -0.3 is 9.30 Å². The Kier molecular flexibility index (Phi) is 3.53. The molecule has 0 N–H and O–H groups in total. The van der Waals surface area contributed by atoms with Gasteiger partial charge in [0.05, 0.1) is 13.7 Å². The molecule has 3 heteroatoms. The van der Waals surface area contributed by atoms with E-state index in [0.29, 0.717) is 0 Å².